The molecule has 1 saturated heterocycles. The second-order valence-electron chi connectivity index (χ2n) is 6.67. The van der Waals surface area contributed by atoms with Crippen LogP contribution in [0.2, 0.25) is 0 Å². The molecule has 1 unspecified atom stereocenters. The van der Waals surface area contributed by atoms with E-state index < -0.39 is 6.61 Å². The number of ether oxygens (including phenoxy) is 3. The van der Waals surface area contributed by atoms with Crippen molar-refractivity contribution in [3.05, 3.63) is 59.7 Å². The van der Waals surface area contributed by atoms with Crippen LogP contribution in [0.15, 0.2) is 48.5 Å². The largest absolute Gasteiger partial charge is 0.493 e. The normalized spacial score (nSPS) is 17.2. The van der Waals surface area contributed by atoms with Gasteiger partial charge in [0.2, 0.25) is 0 Å². The first kappa shape index (κ1) is 21.0. The first-order chi connectivity index (χ1) is 14.0. The van der Waals surface area contributed by atoms with Gasteiger partial charge in [-0.05, 0) is 23.8 Å². The molecule has 0 aliphatic carbocycles. The lowest BCUT2D eigenvalue weighted by molar-refractivity contribution is -0.0512. The topological polar surface area (TPSA) is 60.0 Å². The van der Waals surface area contributed by atoms with E-state index in [1.54, 1.807) is 0 Å². The monoisotopic (exact) mass is 406 g/mol. The van der Waals surface area contributed by atoms with Gasteiger partial charge in [0.05, 0.1) is 19.8 Å². The van der Waals surface area contributed by atoms with Crippen LogP contribution in [0.25, 0.3) is 0 Å². The quantitative estimate of drug-likeness (QED) is 0.731. The van der Waals surface area contributed by atoms with Crippen LogP contribution in [0.1, 0.15) is 15.9 Å². The van der Waals surface area contributed by atoms with Crippen LogP contribution in [-0.4, -0.2) is 56.9 Å². The molecule has 8 heteroatoms. The van der Waals surface area contributed by atoms with E-state index in [4.69, 9.17) is 9.47 Å². The number of rotatable bonds is 8. The maximum atomic E-state index is 12.4. The number of hydrogen-bond donors (Lipinski definition) is 1. The summed E-state index contributed by atoms with van der Waals surface area (Å²) in [5, 5.41) is 2.83. The van der Waals surface area contributed by atoms with Crippen LogP contribution in [0, 0.1) is 0 Å². The number of amides is 1. The van der Waals surface area contributed by atoms with Gasteiger partial charge in [-0.2, -0.15) is 8.78 Å². The van der Waals surface area contributed by atoms with E-state index in [1.807, 2.05) is 18.2 Å². The molecule has 1 amide bonds. The van der Waals surface area contributed by atoms with E-state index in [-0.39, 0.29) is 23.5 Å². The third-order valence-corrected chi connectivity index (χ3v) is 4.60. The van der Waals surface area contributed by atoms with E-state index in [0.29, 0.717) is 25.3 Å². The Morgan fingerprint density at radius 1 is 1.24 bits per heavy atom. The lowest BCUT2D eigenvalue weighted by atomic mass is 10.1. The number of nitrogens with one attached hydrogen (secondary N) is 1. The smallest absolute Gasteiger partial charge is 0.387 e. The Morgan fingerprint density at radius 3 is 2.76 bits per heavy atom. The molecule has 1 N–H and O–H groups in total. The SMILES string of the molecule is COc1cc(C(=O)NCC2CN(Cc3ccccc3)CCO2)ccc1OC(F)F. The number of carbonyl (C=O) groups excluding carboxylic acids is 1. The Bertz CT molecular complexity index is 805. The Hall–Kier alpha value is -2.71. The summed E-state index contributed by atoms with van der Waals surface area (Å²) >= 11 is 0. The molecule has 1 fully saturated rings. The summed E-state index contributed by atoms with van der Waals surface area (Å²) in [6.07, 6.45) is -0.125. The number of benzene rings is 2. The summed E-state index contributed by atoms with van der Waals surface area (Å²) in [7, 11) is 1.33. The maximum Gasteiger partial charge on any atom is 0.387 e. The molecule has 2 aromatic rings. The van der Waals surface area contributed by atoms with Crippen LogP contribution in [-0.2, 0) is 11.3 Å². The third kappa shape index (κ3) is 6.13. The molecule has 2 aromatic carbocycles. The van der Waals surface area contributed by atoms with Gasteiger partial charge in [0, 0.05) is 31.7 Å². The van der Waals surface area contributed by atoms with E-state index in [2.05, 4.69) is 27.1 Å². The summed E-state index contributed by atoms with van der Waals surface area (Å²) in [4.78, 5) is 14.7. The van der Waals surface area contributed by atoms with Crippen LogP contribution in [0.4, 0.5) is 8.78 Å². The van der Waals surface area contributed by atoms with Gasteiger partial charge in [0.25, 0.3) is 5.91 Å². The van der Waals surface area contributed by atoms with Gasteiger partial charge < -0.3 is 19.5 Å². The van der Waals surface area contributed by atoms with Crippen molar-refractivity contribution in [1.82, 2.24) is 10.2 Å². The molecule has 6 nitrogen and oxygen atoms in total. The Kier molecular flexibility index (Phi) is 7.37. The minimum absolute atomic E-state index is 0.0703. The van der Waals surface area contributed by atoms with Gasteiger partial charge in [-0.1, -0.05) is 30.3 Å². The zero-order valence-corrected chi connectivity index (χ0v) is 16.1. The molecule has 1 heterocycles. The zero-order chi connectivity index (χ0) is 20.6. The summed E-state index contributed by atoms with van der Waals surface area (Å²) in [6, 6.07) is 14.3. The number of morpholine rings is 1. The molecule has 0 bridgehead atoms. The van der Waals surface area contributed by atoms with E-state index in [9.17, 15) is 13.6 Å². The molecule has 1 aliphatic heterocycles. The third-order valence-electron chi connectivity index (χ3n) is 4.60. The standard InChI is InChI=1S/C21H24F2N2O4/c1-27-19-11-16(7-8-18(19)29-21(22)23)20(26)24-12-17-14-25(9-10-28-17)13-15-5-3-2-4-6-15/h2-8,11,17,21H,9-10,12-14H2,1H3,(H,24,26). The van der Waals surface area contributed by atoms with Crippen molar-refractivity contribution in [2.24, 2.45) is 0 Å². The molecule has 1 atom stereocenters. The van der Waals surface area contributed by atoms with Gasteiger partial charge in [0.1, 0.15) is 0 Å². The number of alkyl halides is 2. The van der Waals surface area contributed by atoms with Crippen molar-refractivity contribution in [1.29, 1.82) is 0 Å². The number of carbonyl (C=O) groups is 1. The highest BCUT2D eigenvalue weighted by Gasteiger charge is 2.22. The highest BCUT2D eigenvalue weighted by Crippen LogP contribution is 2.29. The molecule has 0 radical (unpaired) electrons. The summed E-state index contributed by atoms with van der Waals surface area (Å²) < 4.78 is 40.0. The number of hydrogen-bond acceptors (Lipinski definition) is 5. The van der Waals surface area contributed by atoms with Crippen molar-refractivity contribution < 1.29 is 27.8 Å². The van der Waals surface area contributed by atoms with Crippen molar-refractivity contribution in [2.45, 2.75) is 19.3 Å². The average Bonchev–Trinajstić information content (AvgIpc) is 2.73. The number of halogens is 2. The molecule has 1 aliphatic rings. The molecule has 0 aromatic heterocycles. The molecule has 156 valence electrons. The molecule has 0 saturated carbocycles. The van der Waals surface area contributed by atoms with Crippen LogP contribution in [0.3, 0.4) is 0 Å². The van der Waals surface area contributed by atoms with Crippen LogP contribution < -0.4 is 14.8 Å². The summed E-state index contributed by atoms with van der Waals surface area (Å²) in [5.41, 5.74) is 1.52. The summed E-state index contributed by atoms with van der Waals surface area (Å²) in [5.74, 6) is -0.386. The molecular weight excluding hydrogens is 382 g/mol. The Balaban J connectivity index is 1.53. The number of nitrogens with zero attached hydrogens (tertiary/aromatic N) is 1. The maximum absolute atomic E-state index is 12.4. The predicted octanol–water partition coefficient (Wildman–Crippen LogP) is 2.93. The highest BCUT2D eigenvalue weighted by atomic mass is 19.3. The van der Waals surface area contributed by atoms with Crippen molar-refractivity contribution in [3.8, 4) is 11.5 Å². The van der Waals surface area contributed by atoms with Gasteiger partial charge in [0.15, 0.2) is 11.5 Å². The zero-order valence-electron chi connectivity index (χ0n) is 16.1. The summed E-state index contributed by atoms with van der Waals surface area (Å²) in [6.45, 7) is 0.354. The van der Waals surface area contributed by atoms with Gasteiger partial charge in [-0.25, -0.2) is 0 Å². The van der Waals surface area contributed by atoms with Gasteiger partial charge in [-0.3, -0.25) is 9.69 Å². The molecule has 0 spiro atoms. The van der Waals surface area contributed by atoms with Gasteiger partial charge in [-0.15, -0.1) is 0 Å². The van der Waals surface area contributed by atoms with E-state index in [0.717, 1.165) is 13.1 Å². The first-order valence-corrected chi connectivity index (χ1v) is 9.34. The number of methoxy groups -OCH3 is 1. The van der Waals surface area contributed by atoms with Crippen molar-refractivity contribution in [2.75, 3.05) is 33.4 Å². The Labute approximate surface area is 168 Å². The molecule has 3 rings (SSSR count). The van der Waals surface area contributed by atoms with Crippen LogP contribution >= 0.6 is 0 Å². The first-order valence-electron chi connectivity index (χ1n) is 9.34. The minimum atomic E-state index is -2.97. The fraction of sp³-hybridized carbons (Fsp3) is 0.381. The predicted molar refractivity (Wildman–Crippen MR) is 103 cm³/mol. The second kappa shape index (κ2) is 10.2. The average molecular weight is 406 g/mol. The van der Waals surface area contributed by atoms with Crippen molar-refractivity contribution in [3.63, 3.8) is 0 Å². The minimum Gasteiger partial charge on any atom is -0.493 e. The van der Waals surface area contributed by atoms with Crippen molar-refractivity contribution >= 4 is 5.91 Å². The fourth-order valence-electron chi connectivity index (χ4n) is 3.20. The molecular formula is C21H24F2N2O4. The molecule has 29 heavy (non-hydrogen) atoms. The lowest BCUT2D eigenvalue weighted by Gasteiger charge is -2.33. The van der Waals surface area contributed by atoms with Gasteiger partial charge >= 0.3 is 6.61 Å². The highest BCUT2D eigenvalue weighted by molar-refractivity contribution is 5.94. The van der Waals surface area contributed by atoms with E-state index in [1.165, 1.54) is 30.9 Å². The Morgan fingerprint density at radius 2 is 2.03 bits per heavy atom. The second-order valence-corrected chi connectivity index (χ2v) is 6.67. The van der Waals surface area contributed by atoms with E-state index >= 15 is 0 Å². The fourth-order valence-corrected chi connectivity index (χ4v) is 3.20. The lowest BCUT2D eigenvalue weighted by Crippen LogP contribution is -2.47. The van der Waals surface area contributed by atoms with Crippen LogP contribution in [0.5, 0.6) is 11.5 Å².